The zero-order valence-corrected chi connectivity index (χ0v) is 9.31. The molecule has 0 spiro atoms. The molecule has 1 saturated heterocycles. The summed E-state index contributed by atoms with van der Waals surface area (Å²) in [4.78, 5) is 11.5. The van der Waals surface area contributed by atoms with Crippen molar-refractivity contribution in [3.05, 3.63) is 0 Å². The van der Waals surface area contributed by atoms with Gasteiger partial charge in [-0.3, -0.25) is 4.79 Å². The van der Waals surface area contributed by atoms with Crippen LogP contribution in [0.1, 0.15) is 46.0 Å². The lowest BCUT2D eigenvalue weighted by Crippen LogP contribution is -2.36. The maximum Gasteiger partial charge on any atom is 0.221 e. The molecule has 0 aromatic heterocycles. The third kappa shape index (κ3) is 4.09. The van der Waals surface area contributed by atoms with Crippen LogP contribution in [0.25, 0.3) is 0 Å². The summed E-state index contributed by atoms with van der Waals surface area (Å²) in [5.41, 5.74) is 0. The molecule has 1 aliphatic heterocycles. The van der Waals surface area contributed by atoms with Gasteiger partial charge in [0.25, 0.3) is 0 Å². The molecule has 1 aliphatic rings. The fourth-order valence-corrected chi connectivity index (χ4v) is 1.99. The normalized spacial score (nSPS) is 23.4. The van der Waals surface area contributed by atoms with Crippen molar-refractivity contribution >= 4 is 5.91 Å². The standard InChI is InChI=1S/C11H22N2O/c1-3-5-9(2)13-11(14)8-10-6-4-7-12-10/h9-10,12H,3-8H2,1-2H3,(H,13,14). The molecule has 14 heavy (non-hydrogen) atoms. The van der Waals surface area contributed by atoms with E-state index in [2.05, 4.69) is 24.5 Å². The van der Waals surface area contributed by atoms with Crippen LogP contribution in [0.2, 0.25) is 0 Å². The SMILES string of the molecule is CCCC(C)NC(=O)CC1CCCN1. The molecule has 3 heteroatoms. The highest BCUT2D eigenvalue weighted by Gasteiger charge is 2.18. The molecular weight excluding hydrogens is 176 g/mol. The van der Waals surface area contributed by atoms with Crippen molar-refractivity contribution in [2.24, 2.45) is 0 Å². The Morgan fingerprint density at radius 1 is 1.64 bits per heavy atom. The molecule has 0 radical (unpaired) electrons. The molecule has 2 unspecified atom stereocenters. The molecule has 1 rings (SSSR count). The second kappa shape index (κ2) is 6.02. The minimum atomic E-state index is 0.199. The zero-order chi connectivity index (χ0) is 10.4. The largest absolute Gasteiger partial charge is 0.354 e. The molecule has 3 nitrogen and oxygen atoms in total. The third-order valence-electron chi connectivity index (χ3n) is 2.72. The fraction of sp³-hybridized carbons (Fsp3) is 0.909. The number of nitrogens with one attached hydrogen (secondary N) is 2. The van der Waals surface area contributed by atoms with Crippen LogP contribution in [0.15, 0.2) is 0 Å². The average Bonchev–Trinajstić information content (AvgIpc) is 2.56. The lowest BCUT2D eigenvalue weighted by atomic mass is 10.1. The van der Waals surface area contributed by atoms with Gasteiger partial charge < -0.3 is 10.6 Å². The van der Waals surface area contributed by atoms with Crippen LogP contribution >= 0.6 is 0 Å². The van der Waals surface area contributed by atoms with Crippen molar-refractivity contribution < 1.29 is 4.79 Å². The first-order chi connectivity index (χ1) is 6.72. The Bertz CT molecular complexity index is 176. The van der Waals surface area contributed by atoms with Crippen LogP contribution in [0, 0.1) is 0 Å². The minimum absolute atomic E-state index is 0.199. The summed E-state index contributed by atoms with van der Waals surface area (Å²) < 4.78 is 0. The molecular formula is C11H22N2O. The Hall–Kier alpha value is -0.570. The van der Waals surface area contributed by atoms with Gasteiger partial charge in [0.2, 0.25) is 5.91 Å². The number of hydrogen-bond acceptors (Lipinski definition) is 2. The van der Waals surface area contributed by atoms with Crippen molar-refractivity contribution in [1.29, 1.82) is 0 Å². The summed E-state index contributed by atoms with van der Waals surface area (Å²) in [7, 11) is 0. The number of carbonyl (C=O) groups excluding carboxylic acids is 1. The van der Waals surface area contributed by atoms with Gasteiger partial charge in [-0.15, -0.1) is 0 Å². The molecule has 82 valence electrons. The van der Waals surface area contributed by atoms with Crippen molar-refractivity contribution in [1.82, 2.24) is 10.6 Å². The van der Waals surface area contributed by atoms with Crippen LogP contribution in [-0.4, -0.2) is 24.5 Å². The third-order valence-corrected chi connectivity index (χ3v) is 2.72. The second-order valence-electron chi connectivity index (χ2n) is 4.25. The van der Waals surface area contributed by atoms with Gasteiger partial charge in [0, 0.05) is 18.5 Å². The molecule has 1 amide bonds. The molecule has 0 bridgehead atoms. The maximum atomic E-state index is 11.5. The Labute approximate surface area is 86.6 Å². The van der Waals surface area contributed by atoms with Crippen molar-refractivity contribution in [2.75, 3.05) is 6.54 Å². The Morgan fingerprint density at radius 2 is 2.43 bits per heavy atom. The summed E-state index contributed by atoms with van der Waals surface area (Å²) in [6, 6.07) is 0.748. The van der Waals surface area contributed by atoms with E-state index in [0.29, 0.717) is 18.5 Å². The van der Waals surface area contributed by atoms with Gasteiger partial charge in [0.15, 0.2) is 0 Å². The molecule has 1 fully saturated rings. The van der Waals surface area contributed by atoms with E-state index in [4.69, 9.17) is 0 Å². The lowest BCUT2D eigenvalue weighted by Gasteiger charge is -2.15. The number of rotatable bonds is 5. The smallest absolute Gasteiger partial charge is 0.221 e. The van der Waals surface area contributed by atoms with Gasteiger partial charge in [-0.2, -0.15) is 0 Å². The number of carbonyl (C=O) groups is 1. The molecule has 2 N–H and O–H groups in total. The summed E-state index contributed by atoms with van der Waals surface area (Å²) in [6.07, 6.45) is 5.21. The summed E-state index contributed by atoms with van der Waals surface area (Å²) in [5, 5.41) is 6.36. The van der Waals surface area contributed by atoms with Crippen LogP contribution in [0.3, 0.4) is 0 Å². The van der Waals surface area contributed by atoms with Crippen LogP contribution < -0.4 is 10.6 Å². The van der Waals surface area contributed by atoms with E-state index in [1.54, 1.807) is 0 Å². The van der Waals surface area contributed by atoms with Gasteiger partial charge in [-0.25, -0.2) is 0 Å². The van der Waals surface area contributed by atoms with Crippen molar-refractivity contribution in [3.8, 4) is 0 Å². The Balaban J connectivity index is 2.14. The predicted octanol–water partition coefficient (Wildman–Crippen LogP) is 1.43. The van der Waals surface area contributed by atoms with Gasteiger partial charge in [-0.05, 0) is 32.7 Å². The van der Waals surface area contributed by atoms with Gasteiger partial charge in [-0.1, -0.05) is 13.3 Å². The lowest BCUT2D eigenvalue weighted by molar-refractivity contribution is -0.122. The Kier molecular flexibility index (Phi) is 4.94. The molecule has 2 atom stereocenters. The number of hydrogen-bond donors (Lipinski definition) is 2. The molecule has 0 aromatic rings. The van der Waals surface area contributed by atoms with E-state index >= 15 is 0 Å². The van der Waals surface area contributed by atoms with Gasteiger partial charge in [0.1, 0.15) is 0 Å². The first-order valence-electron chi connectivity index (χ1n) is 5.75. The molecule has 0 aliphatic carbocycles. The summed E-state index contributed by atoms with van der Waals surface area (Å²) >= 11 is 0. The highest BCUT2D eigenvalue weighted by molar-refractivity contribution is 5.76. The fourth-order valence-electron chi connectivity index (χ4n) is 1.99. The number of amides is 1. The average molecular weight is 198 g/mol. The van der Waals surface area contributed by atoms with Gasteiger partial charge >= 0.3 is 0 Å². The first kappa shape index (κ1) is 11.5. The van der Waals surface area contributed by atoms with Crippen molar-refractivity contribution in [3.63, 3.8) is 0 Å². The highest BCUT2D eigenvalue weighted by Crippen LogP contribution is 2.08. The summed E-state index contributed by atoms with van der Waals surface area (Å²) in [5.74, 6) is 0.199. The monoisotopic (exact) mass is 198 g/mol. The van der Waals surface area contributed by atoms with E-state index in [1.807, 2.05) is 0 Å². The van der Waals surface area contributed by atoms with E-state index in [0.717, 1.165) is 25.8 Å². The summed E-state index contributed by atoms with van der Waals surface area (Å²) in [6.45, 7) is 5.28. The molecule has 0 saturated carbocycles. The van der Waals surface area contributed by atoms with Crippen LogP contribution in [-0.2, 0) is 4.79 Å². The predicted molar refractivity (Wildman–Crippen MR) is 58.2 cm³/mol. The van der Waals surface area contributed by atoms with E-state index < -0.39 is 0 Å². The van der Waals surface area contributed by atoms with E-state index in [9.17, 15) is 4.79 Å². The maximum absolute atomic E-state index is 11.5. The quantitative estimate of drug-likeness (QED) is 0.701. The first-order valence-corrected chi connectivity index (χ1v) is 5.75. The topological polar surface area (TPSA) is 41.1 Å². The molecule has 0 aromatic carbocycles. The van der Waals surface area contributed by atoms with Crippen LogP contribution in [0.4, 0.5) is 0 Å². The Morgan fingerprint density at radius 3 is 3.00 bits per heavy atom. The van der Waals surface area contributed by atoms with Crippen LogP contribution in [0.5, 0.6) is 0 Å². The van der Waals surface area contributed by atoms with Gasteiger partial charge in [0.05, 0.1) is 0 Å². The van der Waals surface area contributed by atoms with E-state index in [-0.39, 0.29) is 5.91 Å². The molecule has 1 heterocycles. The minimum Gasteiger partial charge on any atom is -0.354 e. The second-order valence-corrected chi connectivity index (χ2v) is 4.25. The van der Waals surface area contributed by atoms with E-state index in [1.165, 1.54) is 6.42 Å². The van der Waals surface area contributed by atoms with Crippen molar-refractivity contribution in [2.45, 2.75) is 58.0 Å². The highest BCUT2D eigenvalue weighted by atomic mass is 16.1. The zero-order valence-electron chi connectivity index (χ0n) is 9.31.